The maximum Gasteiger partial charge on any atom is 0.340 e. The number of hydrogen-bond acceptors (Lipinski definition) is 4. The zero-order valence-electron chi connectivity index (χ0n) is 7.99. The fourth-order valence-electron chi connectivity index (χ4n) is 1.30. The number of nitrogens with zero attached hydrogens (tertiary/aromatic N) is 1. The molecule has 1 aromatic carbocycles. The van der Waals surface area contributed by atoms with Gasteiger partial charge >= 0.3 is 5.97 Å². The molecule has 0 spiro atoms. The molecule has 0 saturated carbocycles. The predicted octanol–water partition coefficient (Wildman–Crippen LogP) is 3.13. The smallest absolute Gasteiger partial charge is 0.340 e. The summed E-state index contributed by atoms with van der Waals surface area (Å²) in [5.41, 5.74) is 2.77. The third-order valence-electron chi connectivity index (χ3n) is 1.90. The Morgan fingerprint density at radius 3 is 3.13 bits per heavy atom. The molecule has 2 aromatic rings. The van der Waals surface area contributed by atoms with Gasteiger partial charge < -0.3 is 4.74 Å². The van der Waals surface area contributed by atoms with Gasteiger partial charge in [0.2, 0.25) is 0 Å². The number of benzene rings is 1. The number of hydrogen-bond donors (Lipinski definition) is 0. The molecule has 0 fully saturated rings. The van der Waals surface area contributed by atoms with Gasteiger partial charge in [-0.2, -0.15) is 0 Å². The lowest BCUT2D eigenvalue weighted by molar-refractivity contribution is 0.0528. The molecule has 78 valence electrons. The average molecular weight is 242 g/mol. The Bertz CT molecular complexity index is 509. The molecule has 3 nitrogen and oxygen atoms in total. The van der Waals surface area contributed by atoms with Crippen LogP contribution in [0.4, 0.5) is 0 Å². The number of thiazole rings is 1. The molecule has 0 N–H and O–H groups in total. The summed E-state index contributed by atoms with van der Waals surface area (Å²) in [5, 5.41) is 0.523. The van der Waals surface area contributed by atoms with Crippen LogP contribution < -0.4 is 0 Å². The molecule has 1 heterocycles. The topological polar surface area (TPSA) is 39.2 Å². The monoisotopic (exact) mass is 241 g/mol. The van der Waals surface area contributed by atoms with E-state index < -0.39 is 0 Å². The van der Waals surface area contributed by atoms with Crippen molar-refractivity contribution in [2.75, 3.05) is 6.61 Å². The zero-order chi connectivity index (χ0) is 10.8. The predicted molar refractivity (Wildman–Crippen MR) is 60.6 cm³/mol. The molecule has 15 heavy (non-hydrogen) atoms. The number of rotatable bonds is 2. The van der Waals surface area contributed by atoms with Crippen LogP contribution in [0.5, 0.6) is 0 Å². The highest BCUT2D eigenvalue weighted by atomic mass is 35.5. The van der Waals surface area contributed by atoms with Gasteiger partial charge in [-0.1, -0.05) is 11.6 Å². The third kappa shape index (κ3) is 1.96. The minimum Gasteiger partial charge on any atom is -0.462 e. The van der Waals surface area contributed by atoms with Crippen LogP contribution in [0, 0.1) is 0 Å². The molecule has 5 heteroatoms. The lowest BCUT2D eigenvalue weighted by atomic mass is 10.2. The Morgan fingerprint density at radius 2 is 2.40 bits per heavy atom. The van der Waals surface area contributed by atoms with Crippen molar-refractivity contribution in [3.05, 3.63) is 28.2 Å². The second kappa shape index (κ2) is 4.16. The molecule has 0 radical (unpaired) electrons. The Morgan fingerprint density at radius 1 is 1.60 bits per heavy atom. The summed E-state index contributed by atoms with van der Waals surface area (Å²) in [6.45, 7) is 2.11. The standard InChI is InChI=1S/C10H8ClNO2S/c1-2-14-10(13)7-3-6(11)4-8-9(7)12-5-15-8/h3-5H,2H2,1H3. The fraction of sp³-hybridized carbons (Fsp3) is 0.200. The summed E-state index contributed by atoms with van der Waals surface area (Å²) in [6, 6.07) is 3.37. The number of carbonyl (C=O) groups is 1. The van der Waals surface area contributed by atoms with Crippen LogP contribution in [0.1, 0.15) is 17.3 Å². The minimum absolute atomic E-state index is 0.344. The number of esters is 1. The first-order valence-electron chi connectivity index (χ1n) is 4.42. The normalized spacial score (nSPS) is 10.5. The van der Waals surface area contributed by atoms with Crippen molar-refractivity contribution in [3.63, 3.8) is 0 Å². The highest BCUT2D eigenvalue weighted by molar-refractivity contribution is 7.16. The van der Waals surface area contributed by atoms with E-state index in [9.17, 15) is 4.79 Å². The summed E-state index contributed by atoms with van der Waals surface area (Å²) in [6.07, 6.45) is 0. The van der Waals surface area contributed by atoms with Gasteiger partial charge in [0, 0.05) is 5.02 Å². The molecular formula is C10H8ClNO2S. The quantitative estimate of drug-likeness (QED) is 0.759. The van der Waals surface area contributed by atoms with Gasteiger partial charge in [-0.05, 0) is 19.1 Å². The van der Waals surface area contributed by atoms with Crippen molar-refractivity contribution in [1.82, 2.24) is 4.98 Å². The van der Waals surface area contributed by atoms with Crippen molar-refractivity contribution in [2.24, 2.45) is 0 Å². The summed E-state index contributed by atoms with van der Waals surface area (Å²) < 4.78 is 5.82. The summed E-state index contributed by atoms with van der Waals surface area (Å²) in [4.78, 5) is 15.7. The molecule has 0 amide bonds. The van der Waals surface area contributed by atoms with E-state index in [0.717, 1.165) is 4.70 Å². The van der Waals surface area contributed by atoms with Crippen molar-refractivity contribution in [2.45, 2.75) is 6.92 Å². The van der Waals surface area contributed by atoms with E-state index in [1.807, 2.05) is 0 Å². The van der Waals surface area contributed by atoms with Gasteiger partial charge in [0.15, 0.2) is 0 Å². The molecule has 2 rings (SSSR count). The van der Waals surface area contributed by atoms with E-state index in [4.69, 9.17) is 16.3 Å². The molecule has 1 aromatic heterocycles. The zero-order valence-corrected chi connectivity index (χ0v) is 9.56. The highest BCUT2D eigenvalue weighted by Crippen LogP contribution is 2.26. The number of halogens is 1. The van der Waals surface area contributed by atoms with Crippen LogP contribution in [0.3, 0.4) is 0 Å². The minimum atomic E-state index is -0.379. The molecule has 0 unspecified atom stereocenters. The van der Waals surface area contributed by atoms with Gasteiger partial charge in [-0.25, -0.2) is 9.78 Å². The number of aromatic nitrogens is 1. The molecule has 0 saturated heterocycles. The van der Waals surface area contributed by atoms with Crippen LogP contribution in [0.15, 0.2) is 17.6 Å². The van der Waals surface area contributed by atoms with E-state index in [1.165, 1.54) is 11.3 Å². The lowest BCUT2D eigenvalue weighted by Gasteiger charge is -2.02. The van der Waals surface area contributed by atoms with Crippen LogP contribution in [-0.2, 0) is 4.74 Å². The van der Waals surface area contributed by atoms with E-state index >= 15 is 0 Å². The van der Waals surface area contributed by atoms with Gasteiger partial charge in [0.05, 0.1) is 27.9 Å². The Labute approximate surface area is 95.6 Å². The number of fused-ring (bicyclic) bond motifs is 1. The summed E-state index contributed by atoms with van der Waals surface area (Å²) >= 11 is 7.34. The van der Waals surface area contributed by atoms with E-state index in [0.29, 0.717) is 22.7 Å². The van der Waals surface area contributed by atoms with Crippen molar-refractivity contribution in [3.8, 4) is 0 Å². The van der Waals surface area contributed by atoms with Crippen LogP contribution in [-0.4, -0.2) is 17.6 Å². The fourth-order valence-corrected chi connectivity index (χ4v) is 2.32. The lowest BCUT2D eigenvalue weighted by Crippen LogP contribution is -2.05. The van der Waals surface area contributed by atoms with E-state index in [2.05, 4.69) is 4.98 Å². The average Bonchev–Trinajstić information content (AvgIpc) is 2.64. The van der Waals surface area contributed by atoms with E-state index in [-0.39, 0.29) is 5.97 Å². The van der Waals surface area contributed by atoms with E-state index in [1.54, 1.807) is 24.6 Å². The second-order valence-electron chi connectivity index (χ2n) is 2.87. The number of carbonyl (C=O) groups excluding carboxylic acids is 1. The van der Waals surface area contributed by atoms with Gasteiger partial charge in [-0.15, -0.1) is 11.3 Å². The van der Waals surface area contributed by atoms with Crippen molar-refractivity contribution < 1.29 is 9.53 Å². The maximum atomic E-state index is 11.6. The van der Waals surface area contributed by atoms with Crippen LogP contribution >= 0.6 is 22.9 Å². The molecule has 0 aliphatic carbocycles. The SMILES string of the molecule is CCOC(=O)c1cc(Cl)cc2scnc12. The van der Waals surface area contributed by atoms with Gasteiger partial charge in [0.25, 0.3) is 0 Å². The maximum absolute atomic E-state index is 11.6. The van der Waals surface area contributed by atoms with Gasteiger partial charge in [0.1, 0.15) is 0 Å². The third-order valence-corrected chi connectivity index (χ3v) is 2.89. The first-order chi connectivity index (χ1) is 7.22. The summed E-state index contributed by atoms with van der Waals surface area (Å²) in [7, 11) is 0. The molecule has 0 aliphatic heterocycles. The largest absolute Gasteiger partial charge is 0.462 e. The second-order valence-corrected chi connectivity index (χ2v) is 4.20. The van der Waals surface area contributed by atoms with Gasteiger partial charge in [-0.3, -0.25) is 0 Å². The molecule has 0 atom stereocenters. The first-order valence-corrected chi connectivity index (χ1v) is 5.68. The highest BCUT2D eigenvalue weighted by Gasteiger charge is 2.14. The van der Waals surface area contributed by atoms with Crippen molar-refractivity contribution in [1.29, 1.82) is 0 Å². The van der Waals surface area contributed by atoms with Crippen LogP contribution in [0.25, 0.3) is 10.2 Å². The van der Waals surface area contributed by atoms with Crippen LogP contribution in [0.2, 0.25) is 5.02 Å². The Balaban J connectivity index is 2.57. The Hall–Kier alpha value is -1.13. The van der Waals surface area contributed by atoms with Crippen molar-refractivity contribution >= 4 is 39.1 Å². The Kier molecular flexibility index (Phi) is 2.88. The molecular weight excluding hydrogens is 234 g/mol. The summed E-state index contributed by atoms with van der Waals surface area (Å²) in [5.74, 6) is -0.379. The number of ether oxygens (including phenoxy) is 1. The molecule has 0 bridgehead atoms. The first kappa shape index (κ1) is 10.4. The molecule has 0 aliphatic rings.